The molecule has 1 aliphatic carbocycles. The standard InChI is InChI=1S/C27H30N4O2/c1-30(2)21-10-12-31(13-11-21)22-7-8-24-25(16-22)29-27(28-24)23-15-20(6-9-26(23)33)19-5-3-4-18(14-19)17-32/h3-8,14-16,21,32H,9-13,17H2,1-2H3,(H,28,29). The molecule has 33 heavy (non-hydrogen) atoms. The van der Waals surface area contributed by atoms with E-state index in [2.05, 4.69) is 41.0 Å². The minimum absolute atomic E-state index is 0.00462. The number of carbonyl (C=O) groups excluding carboxylic acids is 1. The first-order chi connectivity index (χ1) is 16.0. The number of nitrogens with zero attached hydrogens (tertiary/aromatic N) is 3. The van der Waals surface area contributed by atoms with Crippen LogP contribution in [0.25, 0.3) is 22.2 Å². The smallest absolute Gasteiger partial charge is 0.170 e. The highest BCUT2D eigenvalue weighted by molar-refractivity contribution is 6.24. The first-order valence-corrected chi connectivity index (χ1v) is 11.6. The average Bonchev–Trinajstić information content (AvgIpc) is 3.27. The van der Waals surface area contributed by atoms with Crippen molar-refractivity contribution < 1.29 is 9.90 Å². The maximum Gasteiger partial charge on any atom is 0.170 e. The summed E-state index contributed by atoms with van der Waals surface area (Å²) in [6, 6.07) is 14.7. The van der Waals surface area contributed by atoms with Gasteiger partial charge in [0.2, 0.25) is 0 Å². The van der Waals surface area contributed by atoms with Crippen molar-refractivity contribution in [2.24, 2.45) is 0 Å². The minimum atomic E-state index is -0.00462. The highest BCUT2D eigenvalue weighted by atomic mass is 16.3. The summed E-state index contributed by atoms with van der Waals surface area (Å²) in [5.74, 6) is 0.671. The Labute approximate surface area is 194 Å². The molecule has 0 saturated carbocycles. The van der Waals surface area contributed by atoms with Gasteiger partial charge in [-0.1, -0.05) is 24.3 Å². The first kappa shape index (κ1) is 21.6. The van der Waals surface area contributed by atoms with E-state index in [1.165, 1.54) is 5.69 Å². The predicted octanol–water partition coefficient (Wildman–Crippen LogP) is 4.03. The van der Waals surface area contributed by atoms with Crippen molar-refractivity contribution in [3.05, 3.63) is 71.6 Å². The van der Waals surface area contributed by atoms with Crippen molar-refractivity contribution in [2.45, 2.75) is 31.9 Å². The molecule has 6 nitrogen and oxygen atoms in total. The molecule has 0 spiro atoms. The second kappa shape index (κ2) is 8.96. The normalized spacial score (nSPS) is 17.6. The molecule has 5 rings (SSSR count). The molecule has 2 aromatic carbocycles. The zero-order chi connectivity index (χ0) is 22.9. The van der Waals surface area contributed by atoms with Gasteiger partial charge in [0, 0.05) is 31.2 Å². The van der Waals surface area contributed by atoms with Crippen LogP contribution in [0.2, 0.25) is 0 Å². The van der Waals surface area contributed by atoms with Gasteiger partial charge in [-0.3, -0.25) is 4.79 Å². The number of aromatic amines is 1. The molecule has 3 aromatic rings. The lowest BCUT2D eigenvalue weighted by Gasteiger charge is -2.36. The minimum Gasteiger partial charge on any atom is -0.392 e. The van der Waals surface area contributed by atoms with E-state index in [4.69, 9.17) is 4.98 Å². The summed E-state index contributed by atoms with van der Waals surface area (Å²) in [5.41, 5.74) is 6.43. The van der Waals surface area contributed by atoms with E-state index in [9.17, 15) is 9.90 Å². The molecule has 0 atom stereocenters. The second-order valence-corrected chi connectivity index (χ2v) is 9.17. The van der Waals surface area contributed by atoms with Gasteiger partial charge in [-0.05, 0) is 74.0 Å². The summed E-state index contributed by atoms with van der Waals surface area (Å²) in [7, 11) is 4.31. The number of hydrogen-bond acceptors (Lipinski definition) is 5. The van der Waals surface area contributed by atoms with Crippen molar-refractivity contribution >= 4 is 33.7 Å². The number of aliphatic hydroxyl groups is 1. The van der Waals surface area contributed by atoms with Gasteiger partial charge in [0.15, 0.2) is 5.78 Å². The SMILES string of the molecule is CN(C)C1CCN(c2ccc3nc(C4=CC(c5cccc(CO)c5)=CCC4=O)[nH]c3c2)CC1. The molecule has 1 aromatic heterocycles. The van der Waals surface area contributed by atoms with E-state index in [0.29, 0.717) is 23.9 Å². The molecule has 2 aliphatic rings. The summed E-state index contributed by atoms with van der Waals surface area (Å²) in [6.07, 6.45) is 6.52. The summed E-state index contributed by atoms with van der Waals surface area (Å²) in [5, 5.41) is 9.46. The number of rotatable bonds is 5. The fourth-order valence-corrected chi connectivity index (χ4v) is 4.82. The number of fused-ring (bicyclic) bond motifs is 1. The molecule has 2 heterocycles. The number of H-pyrrole nitrogens is 1. The van der Waals surface area contributed by atoms with Crippen molar-refractivity contribution in [1.29, 1.82) is 0 Å². The third-order valence-corrected chi connectivity index (χ3v) is 6.83. The number of piperidine rings is 1. The highest BCUT2D eigenvalue weighted by Crippen LogP contribution is 2.31. The van der Waals surface area contributed by atoms with Gasteiger partial charge in [0.05, 0.1) is 23.2 Å². The van der Waals surface area contributed by atoms with Crippen LogP contribution in [-0.4, -0.2) is 59.0 Å². The van der Waals surface area contributed by atoms with Crippen molar-refractivity contribution in [1.82, 2.24) is 14.9 Å². The number of Topliss-reactive ketones (excluding diaryl/α,β-unsaturated/α-hetero) is 1. The molecule has 2 N–H and O–H groups in total. The number of hydrogen-bond donors (Lipinski definition) is 2. The van der Waals surface area contributed by atoms with E-state index in [1.807, 2.05) is 42.5 Å². The molecular formula is C27H30N4O2. The Hall–Kier alpha value is -3.22. The molecule has 0 bridgehead atoms. The quantitative estimate of drug-likeness (QED) is 0.624. The molecule has 170 valence electrons. The fourth-order valence-electron chi connectivity index (χ4n) is 4.82. The largest absolute Gasteiger partial charge is 0.392 e. The monoisotopic (exact) mass is 442 g/mol. The third-order valence-electron chi connectivity index (χ3n) is 6.83. The lowest BCUT2D eigenvalue weighted by molar-refractivity contribution is -0.113. The van der Waals surface area contributed by atoms with Crippen LogP contribution in [0.15, 0.2) is 54.6 Å². The van der Waals surface area contributed by atoms with Crippen LogP contribution < -0.4 is 4.90 Å². The van der Waals surface area contributed by atoms with E-state index < -0.39 is 0 Å². The van der Waals surface area contributed by atoms with Gasteiger partial charge in [0.25, 0.3) is 0 Å². The summed E-state index contributed by atoms with van der Waals surface area (Å²) in [4.78, 5) is 25.6. The molecule has 6 heteroatoms. The number of ketones is 1. The Morgan fingerprint density at radius 1 is 1.15 bits per heavy atom. The Morgan fingerprint density at radius 2 is 1.97 bits per heavy atom. The number of carbonyl (C=O) groups is 1. The number of nitrogens with one attached hydrogen (secondary N) is 1. The Kier molecular flexibility index (Phi) is 5.87. The molecular weight excluding hydrogens is 412 g/mol. The van der Waals surface area contributed by atoms with Crippen LogP contribution in [0, 0.1) is 0 Å². The zero-order valence-electron chi connectivity index (χ0n) is 19.2. The summed E-state index contributed by atoms with van der Waals surface area (Å²) in [6.45, 7) is 2.08. The summed E-state index contributed by atoms with van der Waals surface area (Å²) >= 11 is 0. The molecule has 1 aliphatic heterocycles. The maximum absolute atomic E-state index is 12.7. The van der Waals surface area contributed by atoms with Gasteiger partial charge in [0.1, 0.15) is 5.82 Å². The zero-order valence-corrected chi connectivity index (χ0v) is 19.2. The van der Waals surface area contributed by atoms with E-state index in [0.717, 1.165) is 53.7 Å². The number of benzene rings is 2. The Balaban J connectivity index is 1.42. The van der Waals surface area contributed by atoms with Gasteiger partial charge in [-0.25, -0.2) is 4.98 Å². The van der Waals surface area contributed by atoms with E-state index in [1.54, 1.807) is 0 Å². The second-order valence-electron chi connectivity index (χ2n) is 9.17. The Bertz CT molecular complexity index is 1250. The Morgan fingerprint density at radius 3 is 2.73 bits per heavy atom. The number of allylic oxidation sites excluding steroid dienone is 4. The maximum atomic E-state index is 12.7. The lowest BCUT2D eigenvalue weighted by atomic mass is 9.92. The fraction of sp³-hybridized carbons (Fsp3) is 0.333. The summed E-state index contributed by atoms with van der Waals surface area (Å²) < 4.78 is 0. The molecule has 0 unspecified atom stereocenters. The van der Waals surface area contributed by atoms with Crippen LogP contribution >= 0.6 is 0 Å². The number of aliphatic hydroxyl groups excluding tert-OH is 1. The highest BCUT2D eigenvalue weighted by Gasteiger charge is 2.23. The van der Waals surface area contributed by atoms with Crippen LogP contribution in [-0.2, 0) is 11.4 Å². The molecule has 1 fully saturated rings. The first-order valence-electron chi connectivity index (χ1n) is 11.6. The van der Waals surface area contributed by atoms with Crippen LogP contribution in [0.5, 0.6) is 0 Å². The average molecular weight is 443 g/mol. The topological polar surface area (TPSA) is 72.5 Å². The van der Waals surface area contributed by atoms with Gasteiger partial charge in [-0.2, -0.15) is 0 Å². The number of anilines is 1. The van der Waals surface area contributed by atoms with Crippen molar-refractivity contribution in [3.63, 3.8) is 0 Å². The predicted molar refractivity (Wildman–Crippen MR) is 133 cm³/mol. The number of aromatic nitrogens is 2. The van der Waals surface area contributed by atoms with Crippen LogP contribution in [0.1, 0.15) is 36.2 Å². The van der Waals surface area contributed by atoms with Crippen molar-refractivity contribution in [2.75, 3.05) is 32.1 Å². The van der Waals surface area contributed by atoms with E-state index >= 15 is 0 Å². The molecule has 0 radical (unpaired) electrons. The van der Waals surface area contributed by atoms with Crippen LogP contribution in [0.4, 0.5) is 5.69 Å². The van der Waals surface area contributed by atoms with E-state index in [-0.39, 0.29) is 12.4 Å². The third kappa shape index (κ3) is 4.36. The molecule has 0 amide bonds. The van der Waals surface area contributed by atoms with Gasteiger partial charge in [-0.15, -0.1) is 0 Å². The number of imidazole rings is 1. The van der Waals surface area contributed by atoms with Crippen molar-refractivity contribution in [3.8, 4) is 0 Å². The van der Waals surface area contributed by atoms with Crippen LogP contribution in [0.3, 0.4) is 0 Å². The van der Waals surface area contributed by atoms with Gasteiger partial charge < -0.3 is 19.9 Å². The lowest BCUT2D eigenvalue weighted by Crippen LogP contribution is -2.41. The van der Waals surface area contributed by atoms with Gasteiger partial charge >= 0.3 is 0 Å². The molecule has 1 saturated heterocycles.